The number of ether oxygens (including phenoxy) is 2. The summed E-state index contributed by atoms with van der Waals surface area (Å²) in [6, 6.07) is 15.0. The Bertz CT molecular complexity index is 945. The van der Waals surface area contributed by atoms with E-state index in [9.17, 15) is 4.79 Å². The van der Waals surface area contributed by atoms with Crippen molar-refractivity contribution in [1.29, 1.82) is 0 Å². The van der Waals surface area contributed by atoms with E-state index in [1.165, 1.54) is 11.3 Å². The quantitative estimate of drug-likeness (QED) is 0.593. The number of thiazole rings is 1. The van der Waals surface area contributed by atoms with Gasteiger partial charge in [-0.15, -0.1) is 0 Å². The maximum atomic E-state index is 12.5. The molecule has 0 radical (unpaired) electrons. The molecule has 0 unspecified atom stereocenters. The Morgan fingerprint density at radius 2 is 1.88 bits per heavy atom. The van der Waals surface area contributed by atoms with Crippen molar-refractivity contribution in [3.8, 4) is 5.75 Å². The van der Waals surface area contributed by atoms with Gasteiger partial charge in [-0.1, -0.05) is 35.6 Å². The summed E-state index contributed by atoms with van der Waals surface area (Å²) in [6.45, 7) is 6.31. The zero-order chi connectivity index (χ0) is 18.4. The molecular formula is C20H22N2O3S. The summed E-state index contributed by atoms with van der Waals surface area (Å²) >= 11 is 1.48. The summed E-state index contributed by atoms with van der Waals surface area (Å²) in [5, 5.41) is 0. The maximum absolute atomic E-state index is 12.5. The van der Waals surface area contributed by atoms with Crippen molar-refractivity contribution < 1.29 is 14.3 Å². The summed E-state index contributed by atoms with van der Waals surface area (Å²) in [7, 11) is 0. The lowest BCUT2D eigenvalue weighted by atomic mass is 10.2. The molecule has 0 fully saturated rings. The average molecular weight is 370 g/mol. The number of fused-ring (bicyclic) bond motifs is 1. The Labute approximate surface area is 156 Å². The third kappa shape index (κ3) is 4.03. The van der Waals surface area contributed by atoms with E-state index in [4.69, 9.17) is 9.47 Å². The first kappa shape index (κ1) is 18.4. The van der Waals surface area contributed by atoms with Crippen molar-refractivity contribution in [2.45, 2.75) is 20.4 Å². The van der Waals surface area contributed by atoms with Gasteiger partial charge in [0.2, 0.25) is 0 Å². The van der Waals surface area contributed by atoms with Crippen LogP contribution in [0.2, 0.25) is 0 Å². The van der Waals surface area contributed by atoms with Crippen LogP contribution in [-0.2, 0) is 11.3 Å². The van der Waals surface area contributed by atoms with E-state index >= 15 is 0 Å². The van der Waals surface area contributed by atoms with Crippen LogP contribution in [0.4, 0.5) is 0 Å². The standard InChI is InChI=1S/C20H22N2O3S/c1-3-24-14-13-22-18-16(25-4-2)11-8-12-17(18)26-20(22)21-19(23)15-9-6-5-7-10-15/h5-12H,3-4,13-14H2,1-2H3. The molecular weight excluding hydrogens is 348 g/mol. The van der Waals surface area contributed by atoms with Gasteiger partial charge in [0, 0.05) is 18.7 Å². The van der Waals surface area contributed by atoms with Gasteiger partial charge in [0.15, 0.2) is 4.80 Å². The van der Waals surface area contributed by atoms with Crippen LogP contribution in [0.5, 0.6) is 5.75 Å². The fraction of sp³-hybridized carbons (Fsp3) is 0.300. The second-order valence-electron chi connectivity index (χ2n) is 5.55. The molecule has 0 aliphatic carbocycles. The number of para-hydroxylation sites is 1. The Morgan fingerprint density at radius 1 is 1.08 bits per heavy atom. The van der Waals surface area contributed by atoms with E-state index in [2.05, 4.69) is 4.99 Å². The number of rotatable bonds is 7. The molecule has 1 aromatic heterocycles. The topological polar surface area (TPSA) is 52.8 Å². The zero-order valence-electron chi connectivity index (χ0n) is 15.0. The number of hydrogen-bond acceptors (Lipinski definition) is 4. The predicted molar refractivity (Wildman–Crippen MR) is 104 cm³/mol. The van der Waals surface area contributed by atoms with Gasteiger partial charge < -0.3 is 14.0 Å². The zero-order valence-corrected chi connectivity index (χ0v) is 15.8. The van der Waals surface area contributed by atoms with Crippen molar-refractivity contribution in [3.05, 3.63) is 58.9 Å². The van der Waals surface area contributed by atoms with Gasteiger partial charge in [0.05, 0.1) is 17.9 Å². The molecule has 0 aliphatic heterocycles. The molecule has 0 aliphatic rings. The molecule has 0 atom stereocenters. The highest BCUT2D eigenvalue weighted by atomic mass is 32.1. The number of nitrogens with zero attached hydrogens (tertiary/aromatic N) is 2. The summed E-state index contributed by atoms with van der Waals surface area (Å²) < 4.78 is 14.4. The van der Waals surface area contributed by atoms with Crippen molar-refractivity contribution in [3.63, 3.8) is 0 Å². The van der Waals surface area contributed by atoms with Gasteiger partial charge in [-0.3, -0.25) is 4.79 Å². The van der Waals surface area contributed by atoms with Crippen molar-refractivity contribution in [2.75, 3.05) is 19.8 Å². The first-order chi connectivity index (χ1) is 12.7. The Hall–Kier alpha value is -2.44. The lowest BCUT2D eigenvalue weighted by molar-refractivity contribution is 0.0996. The van der Waals surface area contributed by atoms with Crippen LogP contribution in [0.25, 0.3) is 10.2 Å². The minimum absolute atomic E-state index is 0.250. The highest BCUT2D eigenvalue weighted by molar-refractivity contribution is 7.16. The maximum Gasteiger partial charge on any atom is 0.279 e. The summed E-state index contributed by atoms with van der Waals surface area (Å²) in [5.41, 5.74) is 1.53. The molecule has 0 spiro atoms. The minimum Gasteiger partial charge on any atom is -0.492 e. The van der Waals surface area contributed by atoms with E-state index in [1.54, 1.807) is 12.1 Å². The number of aromatic nitrogens is 1. The summed E-state index contributed by atoms with van der Waals surface area (Å²) in [4.78, 5) is 17.6. The molecule has 136 valence electrons. The van der Waals surface area contributed by atoms with Crippen LogP contribution < -0.4 is 9.54 Å². The van der Waals surface area contributed by atoms with Gasteiger partial charge in [-0.05, 0) is 38.1 Å². The molecule has 0 saturated heterocycles. The van der Waals surface area contributed by atoms with Crippen LogP contribution >= 0.6 is 11.3 Å². The second kappa shape index (κ2) is 8.78. The number of carbonyl (C=O) groups is 1. The lowest BCUT2D eigenvalue weighted by Gasteiger charge is -2.09. The molecule has 1 amide bonds. The molecule has 0 bridgehead atoms. The third-order valence-electron chi connectivity index (χ3n) is 3.85. The number of benzene rings is 2. The first-order valence-electron chi connectivity index (χ1n) is 8.71. The van der Waals surface area contributed by atoms with Crippen LogP contribution in [0.1, 0.15) is 24.2 Å². The smallest absolute Gasteiger partial charge is 0.279 e. The van der Waals surface area contributed by atoms with Crippen LogP contribution in [-0.4, -0.2) is 30.3 Å². The van der Waals surface area contributed by atoms with Gasteiger partial charge in [0.1, 0.15) is 11.3 Å². The molecule has 0 N–H and O–H groups in total. The number of carbonyl (C=O) groups excluding carboxylic acids is 1. The fourth-order valence-electron chi connectivity index (χ4n) is 2.69. The Balaban J connectivity index is 2.11. The van der Waals surface area contributed by atoms with Gasteiger partial charge in [0.25, 0.3) is 5.91 Å². The van der Waals surface area contributed by atoms with Crippen LogP contribution in [0.3, 0.4) is 0 Å². The van der Waals surface area contributed by atoms with Gasteiger partial charge >= 0.3 is 0 Å². The minimum atomic E-state index is -0.250. The fourth-order valence-corrected chi connectivity index (χ4v) is 3.77. The average Bonchev–Trinajstić information content (AvgIpc) is 3.01. The second-order valence-corrected chi connectivity index (χ2v) is 6.56. The first-order valence-corrected chi connectivity index (χ1v) is 9.53. The molecule has 0 saturated carbocycles. The molecule has 3 rings (SSSR count). The van der Waals surface area contributed by atoms with E-state index in [0.717, 1.165) is 16.0 Å². The Morgan fingerprint density at radius 3 is 2.62 bits per heavy atom. The summed E-state index contributed by atoms with van der Waals surface area (Å²) in [6.07, 6.45) is 0. The van der Waals surface area contributed by atoms with Crippen molar-refractivity contribution in [2.24, 2.45) is 4.99 Å². The van der Waals surface area contributed by atoms with Crippen molar-refractivity contribution >= 4 is 27.5 Å². The van der Waals surface area contributed by atoms with Crippen LogP contribution in [0, 0.1) is 0 Å². The summed E-state index contributed by atoms with van der Waals surface area (Å²) in [5.74, 6) is 0.548. The van der Waals surface area contributed by atoms with E-state index in [0.29, 0.717) is 36.7 Å². The van der Waals surface area contributed by atoms with Gasteiger partial charge in [-0.25, -0.2) is 0 Å². The largest absolute Gasteiger partial charge is 0.492 e. The number of amides is 1. The molecule has 1 heterocycles. The highest BCUT2D eigenvalue weighted by Gasteiger charge is 2.13. The predicted octanol–water partition coefficient (Wildman–Crippen LogP) is 3.88. The molecule has 26 heavy (non-hydrogen) atoms. The van der Waals surface area contributed by atoms with E-state index < -0.39 is 0 Å². The Kier molecular flexibility index (Phi) is 6.20. The lowest BCUT2D eigenvalue weighted by Crippen LogP contribution is -2.20. The van der Waals surface area contributed by atoms with Crippen molar-refractivity contribution in [1.82, 2.24) is 4.57 Å². The molecule has 5 nitrogen and oxygen atoms in total. The van der Waals surface area contributed by atoms with Gasteiger partial charge in [-0.2, -0.15) is 4.99 Å². The van der Waals surface area contributed by atoms with Crippen LogP contribution in [0.15, 0.2) is 53.5 Å². The SMILES string of the molecule is CCOCCn1c(=NC(=O)c2ccccc2)sc2cccc(OCC)c21. The van der Waals surface area contributed by atoms with E-state index in [1.807, 2.05) is 54.8 Å². The molecule has 3 aromatic rings. The molecule has 6 heteroatoms. The highest BCUT2D eigenvalue weighted by Crippen LogP contribution is 2.27. The molecule has 2 aromatic carbocycles. The third-order valence-corrected chi connectivity index (χ3v) is 4.89. The monoisotopic (exact) mass is 370 g/mol. The normalized spacial score (nSPS) is 11.8. The van der Waals surface area contributed by atoms with E-state index in [-0.39, 0.29) is 5.91 Å². The number of hydrogen-bond donors (Lipinski definition) is 0.